The third kappa shape index (κ3) is 6.95. The van der Waals surface area contributed by atoms with E-state index in [1.54, 1.807) is 31.0 Å². The Morgan fingerprint density at radius 2 is 1.77 bits per heavy atom. The van der Waals surface area contributed by atoms with Gasteiger partial charge in [0.25, 0.3) is 0 Å². The van der Waals surface area contributed by atoms with Crippen LogP contribution in [-0.2, 0) is 17.5 Å². The largest absolute Gasteiger partial charge is 0.416 e. The molecular formula is C22H28F3N3O2. The number of carbonyl (C=O) groups excluding carboxylic acids is 1. The van der Waals surface area contributed by atoms with E-state index in [2.05, 4.69) is 5.32 Å². The van der Waals surface area contributed by atoms with Gasteiger partial charge in [0.1, 0.15) is 0 Å². The highest BCUT2D eigenvalue weighted by Crippen LogP contribution is 2.35. The van der Waals surface area contributed by atoms with Gasteiger partial charge in [-0.1, -0.05) is 30.3 Å². The molecule has 164 valence electrons. The first-order valence-electron chi connectivity index (χ1n) is 9.69. The molecular weight excluding hydrogens is 395 g/mol. The summed E-state index contributed by atoms with van der Waals surface area (Å²) in [6.07, 6.45) is -2.99. The predicted octanol–water partition coefficient (Wildman–Crippen LogP) is 5.23. The number of hydrogen-bond acceptors (Lipinski definition) is 3. The van der Waals surface area contributed by atoms with Crippen LogP contribution >= 0.6 is 0 Å². The van der Waals surface area contributed by atoms with Gasteiger partial charge in [0.15, 0.2) is 0 Å². The molecule has 0 saturated heterocycles. The lowest BCUT2D eigenvalue weighted by Crippen LogP contribution is -2.35. The Kier molecular flexibility index (Phi) is 8.53. The number of benzene rings is 2. The van der Waals surface area contributed by atoms with Crippen molar-refractivity contribution in [2.45, 2.75) is 25.6 Å². The van der Waals surface area contributed by atoms with Gasteiger partial charge in [0, 0.05) is 40.9 Å². The number of carbonyl (C=O) groups is 1. The van der Waals surface area contributed by atoms with E-state index in [1.165, 1.54) is 6.07 Å². The van der Waals surface area contributed by atoms with Crippen LogP contribution in [0.25, 0.3) is 0 Å². The number of unbranched alkanes of at least 4 members (excludes halogenated alkanes) is 1. The van der Waals surface area contributed by atoms with Crippen LogP contribution in [0.15, 0.2) is 48.5 Å². The van der Waals surface area contributed by atoms with Crippen LogP contribution in [0.3, 0.4) is 0 Å². The zero-order valence-electron chi connectivity index (χ0n) is 17.5. The molecule has 8 heteroatoms. The highest BCUT2D eigenvalue weighted by molar-refractivity contribution is 5.93. The molecule has 30 heavy (non-hydrogen) atoms. The molecule has 0 fully saturated rings. The summed E-state index contributed by atoms with van der Waals surface area (Å²) in [4.78, 5) is 16.3. The molecule has 2 rings (SSSR count). The predicted molar refractivity (Wildman–Crippen MR) is 113 cm³/mol. The quantitative estimate of drug-likeness (QED) is 0.562. The number of alkyl halides is 3. The fraction of sp³-hybridized carbons (Fsp3) is 0.409. The SMILES string of the molecule is COCCCCN(Cc1ccccc1)C(=O)Nc1cc(C(F)(F)F)ccc1N(C)C. The Balaban J connectivity index is 2.24. The van der Waals surface area contributed by atoms with E-state index in [0.29, 0.717) is 25.4 Å². The number of hydrogen-bond donors (Lipinski definition) is 1. The van der Waals surface area contributed by atoms with Crippen molar-refractivity contribution in [1.29, 1.82) is 0 Å². The number of ether oxygens (including phenoxy) is 1. The van der Waals surface area contributed by atoms with Crippen molar-refractivity contribution in [3.8, 4) is 0 Å². The van der Waals surface area contributed by atoms with Gasteiger partial charge in [-0.25, -0.2) is 4.79 Å². The van der Waals surface area contributed by atoms with Gasteiger partial charge in [-0.15, -0.1) is 0 Å². The number of amides is 2. The summed E-state index contributed by atoms with van der Waals surface area (Å²) in [6, 6.07) is 12.4. The number of methoxy groups -OCH3 is 1. The van der Waals surface area contributed by atoms with Crippen molar-refractivity contribution in [2.24, 2.45) is 0 Å². The zero-order valence-corrected chi connectivity index (χ0v) is 17.5. The summed E-state index contributed by atoms with van der Waals surface area (Å²) in [5, 5.41) is 2.68. The molecule has 2 amide bonds. The summed E-state index contributed by atoms with van der Waals surface area (Å²) in [5.74, 6) is 0. The molecule has 0 heterocycles. The van der Waals surface area contributed by atoms with Crippen molar-refractivity contribution < 1.29 is 22.7 Å². The summed E-state index contributed by atoms with van der Waals surface area (Å²) < 4.78 is 44.6. The van der Waals surface area contributed by atoms with E-state index in [4.69, 9.17) is 4.74 Å². The van der Waals surface area contributed by atoms with Gasteiger partial charge in [0.05, 0.1) is 16.9 Å². The van der Waals surface area contributed by atoms with E-state index >= 15 is 0 Å². The molecule has 0 aliphatic carbocycles. The molecule has 1 N–H and O–H groups in total. The van der Waals surface area contributed by atoms with Gasteiger partial charge < -0.3 is 19.9 Å². The number of anilines is 2. The van der Waals surface area contributed by atoms with Crippen LogP contribution in [0.1, 0.15) is 24.0 Å². The third-order valence-corrected chi connectivity index (χ3v) is 4.58. The Morgan fingerprint density at radius 3 is 2.37 bits per heavy atom. The average molecular weight is 423 g/mol. The van der Waals surface area contributed by atoms with E-state index in [0.717, 1.165) is 30.5 Å². The van der Waals surface area contributed by atoms with Crippen molar-refractivity contribution in [1.82, 2.24) is 4.90 Å². The molecule has 0 unspecified atom stereocenters. The van der Waals surface area contributed by atoms with Gasteiger partial charge in [0.2, 0.25) is 0 Å². The summed E-state index contributed by atoms with van der Waals surface area (Å²) in [5.41, 5.74) is 0.750. The highest BCUT2D eigenvalue weighted by atomic mass is 19.4. The topological polar surface area (TPSA) is 44.8 Å². The number of nitrogens with zero attached hydrogens (tertiary/aromatic N) is 2. The van der Waals surface area contributed by atoms with E-state index in [-0.39, 0.29) is 5.69 Å². The van der Waals surface area contributed by atoms with Gasteiger partial charge >= 0.3 is 12.2 Å². The normalized spacial score (nSPS) is 11.3. The Morgan fingerprint density at radius 1 is 1.07 bits per heavy atom. The second-order valence-corrected chi connectivity index (χ2v) is 7.16. The number of rotatable bonds is 9. The minimum atomic E-state index is -4.49. The molecule has 0 aliphatic rings. The molecule has 0 spiro atoms. The van der Waals surface area contributed by atoms with Crippen molar-refractivity contribution in [3.63, 3.8) is 0 Å². The molecule has 2 aromatic carbocycles. The van der Waals surface area contributed by atoms with Crippen molar-refractivity contribution in [3.05, 3.63) is 59.7 Å². The van der Waals surface area contributed by atoms with Gasteiger partial charge in [-0.05, 0) is 36.6 Å². The van der Waals surface area contributed by atoms with Gasteiger partial charge in [-0.3, -0.25) is 0 Å². The highest BCUT2D eigenvalue weighted by Gasteiger charge is 2.31. The molecule has 0 radical (unpaired) electrons. The maximum atomic E-state index is 13.2. The van der Waals surface area contributed by atoms with Crippen molar-refractivity contribution in [2.75, 3.05) is 44.6 Å². The van der Waals surface area contributed by atoms with Crippen molar-refractivity contribution >= 4 is 17.4 Å². The Bertz CT molecular complexity index is 811. The van der Waals surface area contributed by atoms with Crippen LogP contribution in [0.2, 0.25) is 0 Å². The number of halogens is 3. The minimum Gasteiger partial charge on any atom is -0.385 e. The first-order chi connectivity index (χ1) is 14.2. The standard InChI is InChI=1S/C22H28F3N3O2/c1-27(2)20-12-11-18(22(23,24)25)15-19(20)26-21(29)28(13-7-8-14-30-3)16-17-9-5-4-6-10-17/h4-6,9-12,15H,7-8,13-14,16H2,1-3H3,(H,26,29). The molecule has 2 aromatic rings. The first kappa shape index (κ1) is 23.5. The fourth-order valence-corrected chi connectivity index (χ4v) is 3.00. The smallest absolute Gasteiger partial charge is 0.385 e. The van der Waals surface area contributed by atoms with Gasteiger partial charge in [-0.2, -0.15) is 13.2 Å². The van der Waals surface area contributed by atoms with E-state index in [9.17, 15) is 18.0 Å². The average Bonchev–Trinajstić information content (AvgIpc) is 2.70. The van der Waals surface area contributed by atoms with Crippen LogP contribution in [0, 0.1) is 0 Å². The summed E-state index contributed by atoms with van der Waals surface area (Å²) in [7, 11) is 5.04. The molecule has 0 aliphatic heterocycles. The lowest BCUT2D eigenvalue weighted by Gasteiger charge is -2.26. The Hall–Kier alpha value is -2.74. The third-order valence-electron chi connectivity index (χ3n) is 4.58. The fourth-order valence-electron chi connectivity index (χ4n) is 3.00. The molecule has 0 saturated carbocycles. The maximum Gasteiger partial charge on any atom is 0.416 e. The van der Waals surface area contributed by atoms with Crippen LogP contribution in [0.5, 0.6) is 0 Å². The second-order valence-electron chi connectivity index (χ2n) is 7.16. The lowest BCUT2D eigenvalue weighted by molar-refractivity contribution is -0.137. The minimum absolute atomic E-state index is 0.120. The molecule has 0 aromatic heterocycles. The molecule has 0 bridgehead atoms. The van der Waals surface area contributed by atoms with Crippen LogP contribution in [0.4, 0.5) is 29.3 Å². The number of nitrogens with one attached hydrogen (secondary N) is 1. The monoisotopic (exact) mass is 423 g/mol. The van der Waals surface area contributed by atoms with E-state index in [1.807, 2.05) is 30.3 Å². The van der Waals surface area contributed by atoms with Crippen LogP contribution in [-0.4, -0.2) is 45.3 Å². The first-order valence-corrected chi connectivity index (χ1v) is 9.69. The zero-order chi connectivity index (χ0) is 22.1. The molecule has 0 atom stereocenters. The lowest BCUT2D eigenvalue weighted by atomic mass is 10.1. The Labute approximate surface area is 175 Å². The summed E-state index contributed by atoms with van der Waals surface area (Å²) in [6.45, 7) is 1.40. The van der Waals surface area contributed by atoms with Crippen LogP contribution < -0.4 is 10.2 Å². The second kappa shape index (κ2) is 10.9. The summed E-state index contributed by atoms with van der Waals surface area (Å²) >= 11 is 0. The number of urea groups is 1. The maximum absolute atomic E-state index is 13.2. The molecule has 5 nitrogen and oxygen atoms in total. The van der Waals surface area contributed by atoms with E-state index < -0.39 is 17.8 Å².